The third kappa shape index (κ3) is 3.48. The Morgan fingerprint density at radius 1 is 1.52 bits per heavy atom. The van der Waals surface area contributed by atoms with Crippen LogP contribution in [-0.4, -0.2) is 16.3 Å². The molecule has 21 heavy (non-hydrogen) atoms. The van der Waals surface area contributed by atoms with Crippen molar-refractivity contribution in [2.24, 2.45) is 11.1 Å². The van der Waals surface area contributed by atoms with Gasteiger partial charge < -0.3 is 5.21 Å². The molecule has 112 valence electrons. The normalized spacial score (nSPS) is 18.6. The van der Waals surface area contributed by atoms with Gasteiger partial charge in [-0.1, -0.05) is 31.1 Å². The Hall–Kier alpha value is -2.17. The van der Waals surface area contributed by atoms with Gasteiger partial charge >= 0.3 is 0 Å². The SMILES string of the molecule is CCCCC1=C(c2cccc([N+](=O)[O-])c2)C(C=NO)CC1. The van der Waals surface area contributed by atoms with Crippen LogP contribution in [0.25, 0.3) is 5.57 Å². The summed E-state index contributed by atoms with van der Waals surface area (Å²) in [5.41, 5.74) is 3.41. The second kappa shape index (κ2) is 7.02. The van der Waals surface area contributed by atoms with Crippen molar-refractivity contribution in [2.75, 3.05) is 0 Å². The summed E-state index contributed by atoms with van der Waals surface area (Å²) >= 11 is 0. The summed E-state index contributed by atoms with van der Waals surface area (Å²) in [5.74, 6) is 0.0452. The molecule has 1 aliphatic carbocycles. The van der Waals surface area contributed by atoms with Crippen LogP contribution < -0.4 is 0 Å². The van der Waals surface area contributed by atoms with Crippen LogP contribution in [0, 0.1) is 16.0 Å². The molecule has 0 spiro atoms. The average Bonchev–Trinajstić information content (AvgIpc) is 2.88. The van der Waals surface area contributed by atoms with Crippen LogP contribution in [0.4, 0.5) is 5.69 Å². The zero-order valence-corrected chi connectivity index (χ0v) is 12.2. The minimum atomic E-state index is -0.375. The molecule has 5 nitrogen and oxygen atoms in total. The van der Waals surface area contributed by atoms with Gasteiger partial charge in [-0.3, -0.25) is 10.1 Å². The third-order valence-electron chi connectivity index (χ3n) is 3.96. The number of hydrogen-bond acceptors (Lipinski definition) is 4. The van der Waals surface area contributed by atoms with E-state index in [9.17, 15) is 10.1 Å². The van der Waals surface area contributed by atoms with E-state index < -0.39 is 0 Å². The molecule has 1 atom stereocenters. The van der Waals surface area contributed by atoms with E-state index in [1.165, 1.54) is 17.9 Å². The first-order chi connectivity index (χ1) is 10.2. The summed E-state index contributed by atoms with van der Waals surface area (Å²) in [4.78, 5) is 10.6. The van der Waals surface area contributed by atoms with Crippen LogP contribution in [-0.2, 0) is 0 Å². The molecular formula is C16H20N2O3. The highest BCUT2D eigenvalue weighted by atomic mass is 16.6. The monoisotopic (exact) mass is 288 g/mol. The average molecular weight is 288 g/mol. The lowest BCUT2D eigenvalue weighted by Gasteiger charge is -2.12. The second-order valence-electron chi connectivity index (χ2n) is 5.34. The maximum atomic E-state index is 11.0. The lowest BCUT2D eigenvalue weighted by Crippen LogP contribution is -2.01. The summed E-state index contributed by atoms with van der Waals surface area (Å²) in [5, 5.41) is 23.0. The van der Waals surface area contributed by atoms with E-state index in [1.54, 1.807) is 12.1 Å². The van der Waals surface area contributed by atoms with E-state index >= 15 is 0 Å². The van der Waals surface area contributed by atoms with Crippen molar-refractivity contribution < 1.29 is 10.1 Å². The van der Waals surface area contributed by atoms with Gasteiger partial charge in [-0.25, -0.2) is 0 Å². The van der Waals surface area contributed by atoms with Gasteiger partial charge in [0.05, 0.1) is 11.1 Å². The summed E-state index contributed by atoms with van der Waals surface area (Å²) in [6, 6.07) is 6.73. The first-order valence-electron chi connectivity index (χ1n) is 7.31. The predicted octanol–water partition coefficient (Wildman–Crippen LogP) is 4.41. The molecule has 0 bridgehead atoms. The summed E-state index contributed by atoms with van der Waals surface area (Å²) < 4.78 is 0. The lowest BCUT2D eigenvalue weighted by atomic mass is 9.92. The van der Waals surface area contributed by atoms with E-state index in [-0.39, 0.29) is 16.5 Å². The first-order valence-corrected chi connectivity index (χ1v) is 7.31. The van der Waals surface area contributed by atoms with Crippen molar-refractivity contribution in [1.29, 1.82) is 0 Å². The van der Waals surface area contributed by atoms with Crippen molar-refractivity contribution in [3.63, 3.8) is 0 Å². The Bertz CT molecular complexity index is 579. The Labute approximate surface area is 124 Å². The molecule has 0 saturated heterocycles. The van der Waals surface area contributed by atoms with Gasteiger partial charge in [-0.2, -0.15) is 0 Å². The number of oxime groups is 1. The molecule has 0 aromatic heterocycles. The molecule has 0 saturated carbocycles. The van der Waals surface area contributed by atoms with Crippen LogP contribution in [0.15, 0.2) is 35.0 Å². The Kier molecular flexibility index (Phi) is 5.09. The molecule has 1 aromatic carbocycles. The molecule has 1 aliphatic rings. The standard InChI is InChI=1S/C16H20N2O3/c1-2-3-5-12-8-9-14(11-17-19)16(12)13-6-4-7-15(10-13)18(20)21/h4,6-7,10-11,14,19H,2-3,5,8-9H2,1H3. The zero-order valence-electron chi connectivity index (χ0n) is 12.2. The maximum Gasteiger partial charge on any atom is 0.270 e. The van der Waals surface area contributed by atoms with Crippen molar-refractivity contribution in [1.82, 2.24) is 0 Å². The van der Waals surface area contributed by atoms with Crippen LogP contribution >= 0.6 is 0 Å². The number of rotatable bonds is 6. The number of nitro groups is 1. The summed E-state index contributed by atoms with van der Waals surface area (Å²) in [6.45, 7) is 2.15. The van der Waals surface area contributed by atoms with Crippen LogP contribution in [0.1, 0.15) is 44.6 Å². The van der Waals surface area contributed by atoms with Crippen molar-refractivity contribution >= 4 is 17.5 Å². The number of hydrogen-bond donors (Lipinski definition) is 1. The van der Waals surface area contributed by atoms with E-state index in [0.717, 1.165) is 43.2 Å². The fourth-order valence-electron chi connectivity index (χ4n) is 2.96. The van der Waals surface area contributed by atoms with E-state index in [4.69, 9.17) is 5.21 Å². The van der Waals surface area contributed by atoms with Gasteiger partial charge in [0, 0.05) is 18.1 Å². The fourth-order valence-corrected chi connectivity index (χ4v) is 2.96. The van der Waals surface area contributed by atoms with Gasteiger partial charge in [0.2, 0.25) is 0 Å². The number of nitrogens with zero attached hydrogens (tertiary/aromatic N) is 2. The Morgan fingerprint density at radius 3 is 3.00 bits per heavy atom. The van der Waals surface area contributed by atoms with Crippen molar-refractivity contribution in [3.05, 3.63) is 45.5 Å². The Balaban J connectivity index is 2.42. The van der Waals surface area contributed by atoms with Gasteiger partial charge in [0.15, 0.2) is 0 Å². The van der Waals surface area contributed by atoms with E-state index in [1.807, 2.05) is 6.07 Å². The number of non-ortho nitro benzene ring substituents is 1. The van der Waals surface area contributed by atoms with Crippen molar-refractivity contribution in [3.8, 4) is 0 Å². The highest BCUT2D eigenvalue weighted by Crippen LogP contribution is 2.40. The summed E-state index contributed by atoms with van der Waals surface area (Å²) in [7, 11) is 0. The van der Waals surface area contributed by atoms with Crippen LogP contribution in [0.2, 0.25) is 0 Å². The number of nitro benzene ring substituents is 1. The van der Waals surface area contributed by atoms with Gasteiger partial charge in [-0.15, -0.1) is 5.16 Å². The minimum Gasteiger partial charge on any atom is -0.411 e. The molecule has 0 amide bonds. The number of benzene rings is 1. The fraction of sp³-hybridized carbons (Fsp3) is 0.438. The topological polar surface area (TPSA) is 75.7 Å². The smallest absolute Gasteiger partial charge is 0.270 e. The predicted molar refractivity (Wildman–Crippen MR) is 82.5 cm³/mol. The molecular weight excluding hydrogens is 268 g/mol. The van der Waals surface area contributed by atoms with Crippen LogP contribution in [0.3, 0.4) is 0 Å². The maximum absolute atomic E-state index is 11.0. The van der Waals surface area contributed by atoms with E-state index in [2.05, 4.69) is 12.1 Å². The summed E-state index contributed by atoms with van der Waals surface area (Å²) in [6.07, 6.45) is 6.63. The third-order valence-corrected chi connectivity index (χ3v) is 3.96. The molecule has 1 unspecified atom stereocenters. The molecule has 0 aliphatic heterocycles. The molecule has 0 heterocycles. The highest BCUT2D eigenvalue weighted by Gasteiger charge is 2.26. The second-order valence-corrected chi connectivity index (χ2v) is 5.34. The molecule has 1 N–H and O–H groups in total. The highest BCUT2D eigenvalue weighted by molar-refractivity contribution is 5.86. The molecule has 0 fully saturated rings. The largest absolute Gasteiger partial charge is 0.411 e. The molecule has 5 heteroatoms. The number of allylic oxidation sites excluding steroid dienone is 2. The van der Waals surface area contributed by atoms with Crippen LogP contribution in [0.5, 0.6) is 0 Å². The Morgan fingerprint density at radius 2 is 2.33 bits per heavy atom. The lowest BCUT2D eigenvalue weighted by molar-refractivity contribution is -0.384. The van der Waals surface area contributed by atoms with E-state index in [0.29, 0.717) is 0 Å². The van der Waals surface area contributed by atoms with Gasteiger partial charge in [0.25, 0.3) is 5.69 Å². The number of unbranched alkanes of at least 4 members (excludes halogenated alkanes) is 1. The van der Waals surface area contributed by atoms with Gasteiger partial charge in [0.1, 0.15) is 0 Å². The quantitative estimate of drug-likeness (QED) is 0.364. The zero-order chi connectivity index (χ0) is 15.2. The minimum absolute atomic E-state index is 0.0452. The molecule has 1 aromatic rings. The first kappa shape index (κ1) is 15.2. The van der Waals surface area contributed by atoms with Crippen molar-refractivity contribution in [2.45, 2.75) is 39.0 Å². The molecule has 0 radical (unpaired) electrons. The molecule has 2 rings (SSSR count). The van der Waals surface area contributed by atoms with Gasteiger partial charge in [-0.05, 0) is 36.8 Å².